The Morgan fingerprint density at radius 1 is 1.00 bits per heavy atom. The van der Waals surface area contributed by atoms with Gasteiger partial charge in [-0.25, -0.2) is 0 Å². The Morgan fingerprint density at radius 2 is 1.80 bits per heavy atom. The van der Waals surface area contributed by atoms with Crippen molar-refractivity contribution in [2.24, 2.45) is 0 Å². The molecular weight excluding hydrogens is 312 g/mol. The van der Waals surface area contributed by atoms with Crippen molar-refractivity contribution in [3.8, 4) is 16.9 Å². The largest absolute Gasteiger partial charge is 0.497 e. The maximum atomic E-state index is 12.6. The smallest absolute Gasteiger partial charge is 0.253 e. The molecule has 1 atom stereocenters. The van der Waals surface area contributed by atoms with Gasteiger partial charge in [-0.3, -0.25) is 9.78 Å². The van der Waals surface area contributed by atoms with Crippen molar-refractivity contribution in [3.05, 3.63) is 84.2 Å². The van der Waals surface area contributed by atoms with Crippen molar-refractivity contribution in [2.75, 3.05) is 7.11 Å². The van der Waals surface area contributed by atoms with Gasteiger partial charge < -0.3 is 10.1 Å². The highest BCUT2D eigenvalue weighted by Crippen LogP contribution is 2.24. The molecule has 0 bridgehead atoms. The molecule has 2 aromatic carbocycles. The SMILES string of the molecule is COc1cccc(-c2cncc(C(=O)NC(C)c3ccccc3)c2)c1. The van der Waals surface area contributed by atoms with E-state index in [1.54, 1.807) is 19.5 Å². The zero-order valence-corrected chi connectivity index (χ0v) is 14.3. The van der Waals surface area contributed by atoms with Crippen LogP contribution in [0.5, 0.6) is 5.75 Å². The van der Waals surface area contributed by atoms with Crippen molar-refractivity contribution in [1.82, 2.24) is 10.3 Å². The molecule has 0 saturated carbocycles. The van der Waals surface area contributed by atoms with E-state index < -0.39 is 0 Å². The van der Waals surface area contributed by atoms with E-state index in [-0.39, 0.29) is 11.9 Å². The van der Waals surface area contributed by atoms with E-state index in [0.29, 0.717) is 5.56 Å². The fraction of sp³-hybridized carbons (Fsp3) is 0.143. The third-order valence-corrected chi connectivity index (χ3v) is 4.05. The third-order valence-electron chi connectivity index (χ3n) is 4.05. The number of amides is 1. The predicted octanol–water partition coefficient (Wildman–Crippen LogP) is 4.25. The molecule has 126 valence electrons. The number of rotatable bonds is 5. The number of nitrogens with one attached hydrogen (secondary N) is 1. The van der Waals surface area contributed by atoms with Crippen LogP contribution in [0.4, 0.5) is 0 Å². The van der Waals surface area contributed by atoms with E-state index in [2.05, 4.69) is 10.3 Å². The summed E-state index contributed by atoms with van der Waals surface area (Å²) in [5, 5.41) is 3.01. The number of hydrogen-bond acceptors (Lipinski definition) is 3. The number of carbonyl (C=O) groups is 1. The zero-order chi connectivity index (χ0) is 17.6. The Kier molecular flexibility index (Phi) is 5.09. The third kappa shape index (κ3) is 4.04. The lowest BCUT2D eigenvalue weighted by molar-refractivity contribution is 0.0939. The Morgan fingerprint density at radius 3 is 2.56 bits per heavy atom. The zero-order valence-electron chi connectivity index (χ0n) is 14.3. The molecule has 0 saturated heterocycles. The van der Waals surface area contributed by atoms with Crippen LogP contribution in [0.3, 0.4) is 0 Å². The average Bonchev–Trinajstić information content (AvgIpc) is 2.68. The van der Waals surface area contributed by atoms with Crippen LogP contribution in [-0.4, -0.2) is 18.0 Å². The number of nitrogens with zero attached hydrogens (tertiary/aromatic N) is 1. The second-order valence-corrected chi connectivity index (χ2v) is 5.80. The van der Waals surface area contributed by atoms with Crippen LogP contribution < -0.4 is 10.1 Å². The lowest BCUT2D eigenvalue weighted by atomic mass is 10.0. The predicted molar refractivity (Wildman–Crippen MR) is 98.5 cm³/mol. The number of carbonyl (C=O) groups excluding carboxylic acids is 1. The van der Waals surface area contributed by atoms with Gasteiger partial charge in [0.15, 0.2) is 0 Å². The minimum Gasteiger partial charge on any atom is -0.497 e. The van der Waals surface area contributed by atoms with Gasteiger partial charge in [0, 0.05) is 18.0 Å². The number of benzene rings is 2. The maximum absolute atomic E-state index is 12.6. The van der Waals surface area contributed by atoms with Crippen molar-refractivity contribution in [3.63, 3.8) is 0 Å². The first-order valence-corrected chi connectivity index (χ1v) is 8.12. The van der Waals surface area contributed by atoms with Crippen molar-refractivity contribution < 1.29 is 9.53 Å². The quantitative estimate of drug-likeness (QED) is 0.760. The number of pyridine rings is 1. The van der Waals surface area contributed by atoms with Gasteiger partial charge in [-0.15, -0.1) is 0 Å². The maximum Gasteiger partial charge on any atom is 0.253 e. The summed E-state index contributed by atoms with van der Waals surface area (Å²) in [5.41, 5.74) is 3.42. The van der Waals surface area contributed by atoms with E-state index in [0.717, 1.165) is 22.4 Å². The molecule has 4 nitrogen and oxygen atoms in total. The van der Waals surface area contributed by atoms with Gasteiger partial charge >= 0.3 is 0 Å². The molecule has 1 N–H and O–H groups in total. The highest BCUT2D eigenvalue weighted by atomic mass is 16.5. The lowest BCUT2D eigenvalue weighted by Crippen LogP contribution is -2.26. The Bertz CT molecular complexity index is 863. The summed E-state index contributed by atoms with van der Waals surface area (Å²) in [6, 6.07) is 19.3. The highest BCUT2D eigenvalue weighted by Gasteiger charge is 2.12. The summed E-state index contributed by atoms with van der Waals surface area (Å²) in [7, 11) is 1.63. The van der Waals surface area contributed by atoms with Gasteiger partial charge in [-0.05, 0) is 36.2 Å². The molecule has 0 fully saturated rings. The molecular formula is C21H20N2O2. The first-order valence-electron chi connectivity index (χ1n) is 8.12. The van der Waals surface area contributed by atoms with E-state index >= 15 is 0 Å². The molecule has 1 aromatic heterocycles. The van der Waals surface area contributed by atoms with Crippen LogP contribution >= 0.6 is 0 Å². The van der Waals surface area contributed by atoms with E-state index in [9.17, 15) is 4.79 Å². The van der Waals surface area contributed by atoms with E-state index in [1.165, 1.54) is 0 Å². The lowest BCUT2D eigenvalue weighted by Gasteiger charge is -2.14. The van der Waals surface area contributed by atoms with Gasteiger partial charge in [0.2, 0.25) is 0 Å². The van der Waals surface area contributed by atoms with E-state index in [1.807, 2.05) is 67.6 Å². The van der Waals surface area contributed by atoms with Crippen LogP contribution in [-0.2, 0) is 0 Å². The number of aromatic nitrogens is 1. The first kappa shape index (κ1) is 16.7. The summed E-state index contributed by atoms with van der Waals surface area (Å²) >= 11 is 0. The number of hydrogen-bond donors (Lipinski definition) is 1. The van der Waals surface area contributed by atoms with Crippen molar-refractivity contribution in [1.29, 1.82) is 0 Å². The summed E-state index contributed by atoms with van der Waals surface area (Å²) < 4.78 is 5.26. The van der Waals surface area contributed by atoms with Gasteiger partial charge in [-0.1, -0.05) is 42.5 Å². The number of methoxy groups -OCH3 is 1. The first-order chi connectivity index (χ1) is 12.2. The van der Waals surface area contributed by atoms with E-state index in [4.69, 9.17) is 4.74 Å². The summed E-state index contributed by atoms with van der Waals surface area (Å²) in [6.45, 7) is 1.96. The summed E-state index contributed by atoms with van der Waals surface area (Å²) in [6.07, 6.45) is 3.32. The minimum absolute atomic E-state index is 0.0748. The molecule has 0 radical (unpaired) electrons. The van der Waals surface area contributed by atoms with Crippen LogP contribution in [0.25, 0.3) is 11.1 Å². The summed E-state index contributed by atoms with van der Waals surface area (Å²) in [5.74, 6) is 0.624. The van der Waals surface area contributed by atoms with Crippen molar-refractivity contribution in [2.45, 2.75) is 13.0 Å². The fourth-order valence-electron chi connectivity index (χ4n) is 2.63. The Balaban J connectivity index is 1.80. The number of ether oxygens (including phenoxy) is 1. The molecule has 1 amide bonds. The molecule has 3 aromatic rings. The molecule has 0 aliphatic heterocycles. The molecule has 1 heterocycles. The summed E-state index contributed by atoms with van der Waals surface area (Å²) in [4.78, 5) is 16.8. The normalized spacial score (nSPS) is 11.6. The van der Waals surface area contributed by atoms with Crippen LogP contribution in [0.2, 0.25) is 0 Å². The Labute approximate surface area is 147 Å². The van der Waals surface area contributed by atoms with Crippen molar-refractivity contribution >= 4 is 5.91 Å². The average molecular weight is 332 g/mol. The highest BCUT2D eigenvalue weighted by molar-refractivity contribution is 5.95. The molecule has 0 aliphatic rings. The fourth-order valence-corrected chi connectivity index (χ4v) is 2.63. The molecule has 3 rings (SSSR count). The second kappa shape index (κ2) is 7.62. The standard InChI is InChI=1S/C21H20N2O2/c1-15(16-7-4-3-5-8-16)23-21(24)19-11-18(13-22-14-19)17-9-6-10-20(12-17)25-2/h3-15H,1-2H3,(H,23,24). The Hall–Kier alpha value is -3.14. The topological polar surface area (TPSA) is 51.2 Å². The van der Waals surface area contributed by atoms with Crippen LogP contribution in [0.15, 0.2) is 73.1 Å². The minimum atomic E-state index is -0.145. The van der Waals surface area contributed by atoms with Crippen LogP contribution in [0, 0.1) is 0 Å². The molecule has 0 aliphatic carbocycles. The second-order valence-electron chi connectivity index (χ2n) is 5.80. The molecule has 1 unspecified atom stereocenters. The van der Waals surface area contributed by atoms with Crippen LogP contribution in [0.1, 0.15) is 28.9 Å². The van der Waals surface area contributed by atoms with Gasteiger partial charge in [0.25, 0.3) is 5.91 Å². The van der Waals surface area contributed by atoms with Gasteiger partial charge in [0.1, 0.15) is 5.75 Å². The monoisotopic (exact) mass is 332 g/mol. The molecule has 0 spiro atoms. The van der Waals surface area contributed by atoms with Gasteiger partial charge in [-0.2, -0.15) is 0 Å². The molecule has 25 heavy (non-hydrogen) atoms. The molecule has 4 heteroatoms. The van der Waals surface area contributed by atoms with Gasteiger partial charge in [0.05, 0.1) is 18.7 Å².